The van der Waals surface area contributed by atoms with E-state index < -0.39 is 11.9 Å². The van der Waals surface area contributed by atoms with Gasteiger partial charge in [-0.05, 0) is 42.8 Å². The Balaban J connectivity index is 1.72. The topological polar surface area (TPSA) is 91.8 Å². The van der Waals surface area contributed by atoms with Crippen LogP contribution in [0.4, 0.5) is 0 Å². The lowest BCUT2D eigenvalue weighted by atomic mass is 10.0. The number of rotatable bonds is 7. The maximum Gasteiger partial charge on any atom is 0.344 e. The molecule has 0 fully saturated rings. The van der Waals surface area contributed by atoms with E-state index in [4.69, 9.17) is 14.2 Å². The van der Waals surface area contributed by atoms with Crippen molar-refractivity contribution < 1.29 is 28.6 Å². The molecule has 0 N–H and O–H groups in total. The van der Waals surface area contributed by atoms with Crippen LogP contribution in [0.15, 0.2) is 48.5 Å². The Morgan fingerprint density at radius 3 is 2.48 bits per heavy atom. The third kappa shape index (κ3) is 4.57. The number of aromatic nitrogens is 1. The van der Waals surface area contributed by atoms with E-state index in [2.05, 4.69) is 4.98 Å². The summed E-state index contributed by atoms with van der Waals surface area (Å²) in [7, 11) is 1.29. The number of benzene rings is 2. The second-order valence-corrected chi connectivity index (χ2v) is 6.20. The normalized spacial score (nSPS) is 10.4. The lowest BCUT2D eigenvalue weighted by molar-refractivity contribution is -0.147. The van der Waals surface area contributed by atoms with Crippen LogP contribution in [0.3, 0.4) is 0 Å². The summed E-state index contributed by atoms with van der Waals surface area (Å²) in [5.41, 5.74) is 2.50. The van der Waals surface area contributed by atoms with Crippen molar-refractivity contribution in [2.45, 2.75) is 13.5 Å². The van der Waals surface area contributed by atoms with E-state index in [0.717, 1.165) is 11.7 Å². The molecule has 7 heteroatoms. The van der Waals surface area contributed by atoms with Crippen molar-refractivity contribution in [3.8, 4) is 5.75 Å². The fourth-order valence-corrected chi connectivity index (χ4v) is 2.89. The fraction of sp³-hybridized carbons (Fsp3) is 0.182. The average molecular weight is 393 g/mol. The zero-order chi connectivity index (χ0) is 20.8. The Kier molecular flexibility index (Phi) is 6.19. The molecule has 1 heterocycles. The Morgan fingerprint density at radius 1 is 1.07 bits per heavy atom. The molecule has 0 saturated carbocycles. The highest BCUT2D eigenvalue weighted by atomic mass is 16.6. The van der Waals surface area contributed by atoms with Crippen LogP contribution in [0.25, 0.3) is 10.9 Å². The molecule has 7 nitrogen and oxygen atoms in total. The highest BCUT2D eigenvalue weighted by molar-refractivity contribution is 5.98. The van der Waals surface area contributed by atoms with Gasteiger partial charge in [0.05, 0.1) is 23.9 Å². The summed E-state index contributed by atoms with van der Waals surface area (Å²) in [5.74, 6) is -0.728. The van der Waals surface area contributed by atoms with Crippen LogP contribution in [0.2, 0.25) is 0 Å². The van der Waals surface area contributed by atoms with E-state index >= 15 is 0 Å². The number of para-hydroxylation sites is 1. The van der Waals surface area contributed by atoms with Crippen molar-refractivity contribution in [1.82, 2.24) is 4.98 Å². The first-order valence-electron chi connectivity index (χ1n) is 8.83. The largest absolute Gasteiger partial charge is 0.482 e. The molecule has 0 saturated heterocycles. The third-order valence-electron chi connectivity index (χ3n) is 4.36. The van der Waals surface area contributed by atoms with Crippen LogP contribution < -0.4 is 4.74 Å². The number of hydrogen-bond donors (Lipinski definition) is 0. The molecule has 0 spiro atoms. The first-order chi connectivity index (χ1) is 14.0. The first-order valence-corrected chi connectivity index (χ1v) is 8.83. The molecule has 3 aromatic rings. The van der Waals surface area contributed by atoms with Crippen LogP contribution in [0.1, 0.15) is 32.0 Å². The molecule has 0 aliphatic heterocycles. The van der Waals surface area contributed by atoms with Crippen molar-refractivity contribution in [1.29, 1.82) is 0 Å². The standard InChI is InChI=1S/C22H19NO6/c1-14-17-5-3-4-6-18(17)23-19(21(14)22(26)27-2)12-29-20(25)13-28-16-9-7-15(11-24)8-10-16/h3-11H,12-13H2,1-2H3. The maximum atomic E-state index is 12.3. The van der Waals surface area contributed by atoms with Gasteiger partial charge in [0.1, 0.15) is 18.6 Å². The predicted octanol–water partition coefficient (Wildman–Crippen LogP) is 3.26. The monoisotopic (exact) mass is 393 g/mol. The van der Waals surface area contributed by atoms with Crippen molar-refractivity contribution in [3.05, 3.63) is 70.9 Å². The third-order valence-corrected chi connectivity index (χ3v) is 4.36. The minimum Gasteiger partial charge on any atom is -0.482 e. The van der Waals surface area contributed by atoms with Crippen LogP contribution >= 0.6 is 0 Å². The van der Waals surface area contributed by atoms with Crippen LogP contribution in [-0.2, 0) is 20.9 Å². The van der Waals surface area contributed by atoms with Crippen molar-refractivity contribution >= 4 is 29.1 Å². The summed E-state index contributed by atoms with van der Waals surface area (Å²) in [6.45, 7) is 1.29. The quantitative estimate of drug-likeness (QED) is 0.449. The van der Waals surface area contributed by atoms with E-state index in [0.29, 0.717) is 28.1 Å². The van der Waals surface area contributed by atoms with Crippen LogP contribution in [0.5, 0.6) is 5.75 Å². The van der Waals surface area contributed by atoms with Crippen molar-refractivity contribution in [3.63, 3.8) is 0 Å². The second kappa shape index (κ2) is 8.97. The molecule has 1 aromatic heterocycles. The summed E-state index contributed by atoms with van der Waals surface area (Å²) in [4.78, 5) is 39.4. The lowest BCUT2D eigenvalue weighted by Crippen LogP contribution is -2.17. The molecule has 0 radical (unpaired) electrons. The number of esters is 2. The maximum absolute atomic E-state index is 12.3. The summed E-state index contributed by atoms with van der Waals surface area (Å²) >= 11 is 0. The number of pyridine rings is 1. The van der Waals surface area contributed by atoms with E-state index in [1.807, 2.05) is 24.3 Å². The minimum absolute atomic E-state index is 0.192. The van der Waals surface area contributed by atoms with Gasteiger partial charge in [0, 0.05) is 10.9 Å². The van der Waals surface area contributed by atoms with Gasteiger partial charge >= 0.3 is 11.9 Å². The molecule has 148 valence electrons. The second-order valence-electron chi connectivity index (χ2n) is 6.20. The van der Waals surface area contributed by atoms with Crippen LogP contribution in [0, 0.1) is 6.92 Å². The summed E-state index contributed by atoms with van der Waals surface area (Å²) in [6, 6.07) is 13.7. The van der Waals surface area contributed by atoms with Gasteiger partial charge in [-0.25, -0.2) is 14.6 Å². The van der Waals surface area contributed by atoms with Crippen LogP contribution in [-0.4, -0.2) is 36.9 Å². The highest BCUT2D eigenvalue weighted by Crippen LogP contribution is 2.24. The molecule has 0 atom stereocenters. The molecule has 0 aliphatic carbocycles. The summed E-state index contributed by atoms with van der Waals surface area (Å²) in [5, 5.41) is 0.824. The Bertz CT molecular complexity index is 1060. The smallest absolute Gasteiger partial charge is 0.344 e. The van der Waals surface area contributed by atoms with Gasteiger partial charge in [0.2, 0.25) is 0 Å². The van der Waals surface area contributed by atoms with Crippen molar-refractivity contribution in [2.75, 3.05) is 13.7 Å². The number of hydrogen-bond acceptors (Lipinski definition) is 7. The number of carbonyl (C=O) groups excluding carboxylic acids is 3. The van der Waals surface area contributed by atoms with E-state index in [1.165, 1.54) is 7.11 Å². The molecule has 0 bridgehead atoms. The predicted molar refractivity (Wildman–Crippen MR) is 105 cm³/mol. The Labute approximate surface area is 167 Å². The summed E-state index contributed by atoms with van der Waals surface area (Å²) < 4.78 is 15.5. The molecule has 0 amide bonds. The van der Waals surface area contributed by atoms with Gasteiger partial charge in [-0.2, -0.15) is 0 Å². The number of aldehydes is 1. The summed E-state index contributed by atoms with van der Waals surface area (Å²) in [6.07, 6.45) is 0.718. The zero-order valence-electron chi connectivity index (χ0n) is 16.0. The minimum atomic E-state index is -0.618. The van der Waals surface area contributed by atoms with Crippen molar-refractivity contribution in [2.24, 2.45) is 0 Å². The molecular weight excluding hydrogens is 374 g/mol. The number of methoxy groups -OCH3 is 1. The zero-order valence-corrected chi connectivity index (χ0v) is 16.0. The van der Waals surface area contributed by atoms with Gasteiger partial charge in [-0.3, -0.25) is 4.79 Å². The van der Waals surface area contributed by atoms with Gasteiger partial charge in [-0.15, -0.1) is 0 Å². The van der Waals surface area contributed by atoms with Gasteiger partial charge < -0.3 is 14.2 Å². The van der Waals surface area contributed by atoms with E-state index in [9.17, 15) is 14.4 Å². The molecular formula is C22H19NO6. The SMILES string of the molecule is COC(=O)c1c(COC(=O)COc2ccc(C=O)cc2)nc2ccccc2c1C. The highest BCUT2D eigenvalue weighted by Gasteiger charge is 2.20. The number of carbonyl (C=O) groups is 3. The molecule has 2 aromatic carbocycles. The first kappa shape index (κ1) is 20.0. The average Bonchev–Trinajstić information content (AvgIpc) is 2.76. The van der Waals surface area contributed by atoms with Gasteiger partial charge in [-0.1, -0.05) is 18.2 Å². The Morgan fingerprint density at radius 2 is 1.79 bits per heavy atom. The van der Waals surface area contributed by atoms with Gasteiger partial charge in [0.25, 0.3) is 0 Å². The van der Waals surface area contributed by atoms with E-state index in [1.54, 1.807) is 31.2 Å². The number of nitrogens with zero attached hydrogens (tertiary/aromatic N) is 1. The molecule has 0 unspecified atom stereocenters. The molecule has 3 rings (SSSR count). The lowest BCUT2D eigenvalue weighted by Gasteiger charge is -2.13. The number of ether oxygens (including phenoxy) is 3. The molecule has 0 aliphatic rings. The molecule has 29 heavy (non-hydrogen) atoms. The Hall–Kier alpha value is -3.74. The number of fused-ring (bicyclic) bond motifs is 1. The fourth-order valence-electron chi connectivity index (χ4n) is 2.89. The van der Waals surface area contributed by atoms with Gasteiger partial charge in [0.15, 0.2) is 6.61 Å². The number of aryl methyl sites for hydroxylation is 1. The van der Waals surface area contributed by atoms with E-state index in [-0.39, 0.29) is 18.8 Å².